The van der Waals surface area contributed by atoms with E-state index < -0.39 is 11.9 Å². The molecule has 0 saturated heterocycles. The Hall–Kier alpha value is -2.15. The zero-order chi connectivity index (χ0) is 16.6. The van der Waals surface area contributed by atoms with Gasteiger partial charge in [0.25, 0.3) is 5.91 Å². The average molecular weight is 330 g/mol. The molecule has 6 nitrogen and oxygen atoms in total. The van der Waals surface area contributed by atoms with Gasteiger partial charge >= 0.3 is 0 Å². The van der Waals surface area contributed by atoms with E-state index in [0.717, 1.165) is 17.7 Å². The number of amidine groups is 2. The van der Waals surface area contributed by atoms with Gasteiger partial charge in [0.2, 0.25) is 5.91 Å². The molecule has 0 fully saturated rings. The second-order valence-corrected chi connectivity index (χ2v) is 6.57. The lowest BCUT2D eigenvalue weighted by molar-refractivity contribution is -0.125. The van der Waals surface area contributed by atoms with Gasteiger partial charge in [-0.05, 0) is 18.1 Å². The van der Waals surface area contributed by atoms with Crippen LogP contribution in [0.3, 0.4) is 0 Å². The predicted molar refractivity (Wildman–Crippen MR) is 91.8 cm³/mol. The Morgan fingerprint density at radius 3 is 2.87 bits per heavy atom. The summed E-state index contributed by atoms with van der Waals surface area (Å²) in [5, 5.41) is 0.469. The second-order valence-electron chi connectivity index (χ2n) is 5.62. The maximum Gasteiger partial charge on any atom is 0.259 e. The van der Waals surface area contributed by atoms with Crippen LogP contribution in [0.5, 0.6) is 0 Å². The molecule has 120 valence electrons. The largest absolute Gasteiger partial charge is 0.369 e. The van der Waals surface area contributed by atoms with Gasteiger partial charge in [-0.1, -0.05) is 44.2 Å². The summed E-state index contributed by atoms with van der Waals surface area (Å²) >= 11 is 1.17. The molecule has 2 aliphatic rings. The van der Waals surface area contributed by atoms with Crippen LogP contribution >= 0.6 is 11.8 Å². The van der Waals surface area contributed by atoms with Crippen LogP contribution < -0.4 is 5.73 Å². The monoisotopic (exact) mass is 330 g/mol. The Morgan fingerprint density at radius 1 is 1.43 bits per heavy atom. The van der Waals surface area contributed by atoms with Crippen molar-refractivity contribution in [2.45, 2.75) is 26.3 Å². The molecule has 2 heterocycles. The Bertz CT molecular complexity index is 729. The van der Waals surface area contributed by atoms with E-state index >= 15 is 0 Å². The van der Waals surface area contributed by atoms with Crippen LogP contribution in [0.4, 0.5) is 5.69 Å². The van der Waals surface area contributed by atoms with E-state index in [4.69, 9.17) is 5.73 Å². The number of benzene rings is 1. The fraction of sp³-hybridized carbons (Fsp3) is 0.375. The second kappa shape index (κ2) is 6.16. The number of carbonyl (C=O) groups is 2. The molecule has 3 rings (SSSR count). The van der Waals surface area contributed by atoms with Gasteiger partial charge in [-0.25, -0.2) is 9.89 Å². The normalized spacial score (nSPS) is 20.5. The summed E-state index contributed by atoms with van der Waals surface area (Å²) in [4.78, 5) is 34.6. The van der Waals surface area contributed by atoms with Gasteiger partial charge in [0.05, 0.1) is 11.4 Å². The molecule has 0 unspecified atom stereocenters. The number of thioether (sulfide) groups is 1. The molecule has 0 aliphatic carbocycles. The minimum Gasteiger partial charge on any atom is -0.369 e. The van der Waals surface area contributed by atoms with Crippen molar-refractivity contribution in [1.29, 1.82) is 0 Å². The molecule has 2 atom stereocenters. The Morgan fingerprint density at radius 2 is 2.17 bits per heavy atom. The lowest BCUT2D eigenvalue weighted by atomic mass is 10.00. The summed E-state index contributed by atoms with van der Waals surface area (Å²) in [5.41, 5.74) is 6.82. The number of nitrogens with zero attached hydrogens (tertiary/aromatic N) is 3. The molecule has 0 spiro atoms. The van der Waals surface area contributed by atoms with Gasteiger partial charge in [0, 0.05) is 5.56 Å². The first kappa shape index (κ1) is 15.7. The van der Waals surface area contributed by atoms with Crippen LogP contribution in [-0.4, -0.2) is 39.5 Å². The molecule has 0 aromatic heterocycles. The first-order chi connectivity index (χ1) is 11.0. The fourth-order valence-electron chi connectivity index (χ4n) is 2.60. The van der Waals surface area contributed by atoms with Crippen molar-refractivity contribution in [2.75, 3.05) is 5.75 Å². The van der Waals surface area contributed by atoms with Crippen LogP contribution in [0, 0.1) is 5.92 Å². The molecule has 2 N–H and O–H groups in total. The summed E-state index contributed by atoms with van der Waals surface area (Å²) in [6.45, 7) is 4.06. The van der Waals surface area contributed by atoms with E-state index in [1.165, 1.54) is 16.7 Å². The molecule has 0 radical (unpaired) electrons. The molecular formula is C16H18N4O2S. The maximum atomic E-state index is 12.8. The highest BCUT2D eigenvalue weighted by molar-refractivity contribution is 8.14. The molecular weight excluding hydrogens is 312 g/mol. The van der Waals surface area contributed by atoms with Gasteiger partial charge < -0.3 is 5.73 Å². The highest BCUT2D eigenvalue weighted by Gasteiger charge is 2.42. The number of hydrogen-bond acceptors (Lipinski definition) is 5. The highest BCUT2D eigenvalue weighted by Crippen LogP contribution is 2.35. The number of fused-ring (bicyclic) bond motifs is 3. The SMILES string of the molecule is CC[C@H](C)[C@@H]1N=C2c3ccccc3N=C(SCC(N)=O)N2C1=O. The van der Waals surface area contributed by atoms with Gasteiger partial charge in [-0.15, -0.1) is 0 Å². The van der Waals surface area contributed by atoms with Crippen LogP contribution in [-0.2, 0) is 9.59 Å². The zero-order valence-corrected chi connectivity index (χ0v) is 13.8. The molecule has 2 amide bonds. The van der Waals surface area contributed by atoms with E-state index in [2.05, 4.69) is 9.98 Å². The van der Waals surface area contributed by atoms with Crippen molar-refractivity contribution >= 4 is 40.3 Å². The van der Waals surface area contributed by atoms with Crippen molar-refractivity contribution in [3.8, 4) is 0 Å². The molecule has 7 heteroatoms. The third kappa shape index (κ3) is 2.76. The van der Waals surface area contributed by atoms with Gasteiger partial charge in [-0.3, -0.25) is 14.6 Å². The first-order valence-electron chi connectivity index (χ1n) is 7.54. The molecule has 2 aliphatic heterocycles. The first-order valence-corrected chi connectivity index (χ1v) is 8.52. The molecule has 1 aromatic rings. The summed E-state index contributed by atoms with van der Waals surface area (Å²) in [6.07, 6.45) is 0.865. The number of amides is 2. The molecule has 0 bridgehead atoms. The lowest BCUT2D eigenvalue weighted by Crippen LogP contribution is -2.42. The lowest BCUT2D eigenvalue weighted by Gasteiger charge is -2.25. The van der Waals surface area contributed by atoms with E-state index in [-0.39, 0.29) is 17.6 Å². The summed E-state index contributed by atoms with van der Waals surface area (Å²) in [5.74, 6) is 0.319. The molecule has 1 aromatic carbocycles. The number of hydrogen-bond donors (Lipinski definition) is 1. The van der Waals surface area contributed by atoms with Crippen molar-refractivity contribution < 1.29 is 9.59 Å². The van der Waals surface area contributed by atoms with Crippen LogP contribution in [0.15, 0.2) is 34.3 Å². The Balaban J connectivity index is 2.04. The maximum absolute atomic E-state index is 12.8. The third-order valence-corrected chi connectivity index (χ3v) is 4.99. The van der Waals surface area contributed by atoms with Gasteiger partial charge in [0.1, 0.15) is 11.9 Å². The summed E-state index contributed by atoms with van der Waals surface area (Å²) < 4.78 is 0. The predicted octanol–water partition coefficient (Wildman–Crippen LogP) is 1.91. The van der Waals surface area contributed by atoms with Gasteiger partial charge in [-0.2, -0.15) is 0 Å². The number of primary amides is 1. The van der Waals surface area contributed by atoms with E-state index in [1.54, 1.807) is 0 Å². The number of aliphatic imine (C=N–C) groups is 2. The Kier molecular flexibility index (Phi) is 4.21. The minimum atomic E-state index is -0.444. The zero-order valence-electron chi connectivity index (χ0n) is 13.0. The fourth-order valence-corrected chi connectivity index (χ4v) is 3.34. The van der Waals surface area contributed by atoms with Gasteiger partial charge in [0.15, 0.2) is 5.17 Å². The number of carbonyl (C=O) groups excluding carboxylic acids is 2. The quantitative estimate of drug-likeness (QED) is 0.914. The molecule has 0 saturated carbocycles. The van der Waals surface area contributed by atoms with E-state index in [0.29, 0.717) is 11.0 Å². The van der Waals surface area contributed by atoms with Crippen molar-refractivity contribution in [1.82, 2.24) is 4.90 Å². The van der Waals surface area contributed by atoms with Crippen molar-refractivity contribution in [3.63, 3.8) is 0 Å². The van der Waals surface area contributed by atoms with Crippen molar-refractivity contribution in [3.05, 3.63) is 29.8 Å². The standard InChI is InChI=1S/C16H18N4O2S/c1-3-9(2)13-15(22)20-14(19-13)10-6-4-5-7-11(10)18-16(20)23-8-12(17)21/h4-7,9,13H,3,8H2,1-2H3,(H2,17,21)/t9-,13-/m0/s1. The Labute approximate surface area is 138 Å². The topological polar surface area (TPSA) is 88.1 Å². The minimum absolute atomic E-state index is 0.0755. The van der Waals surface area contributed by atoms with Crippen LogP contribution in [0.2, 0.25) is 0 Å². The van der Waals surface area contributed by atoms with E-state index in [9.17, 15) is 9.59 Å². The highest BCUT2D eigenvalue weighted by atomic mass is 32.2. The van der Waals surface area contributed by atoms with Crippen LogP contribution in [0.25, 0.3) is 0 Å². The van der Waals surface area contributed by atoms with Crippen LogP contribution in [0.1, 0.15) is 25.8 Å². The molecule has 23 heavy (non-hydrogen) atoms. The number of rotatable bonds is 4. The summed E-state index contributed by atoms with van der Waals surface area (Å²) in [7, 11) is 0. The van der Waals surface area contributed by atoms with Crippen molar-refractivity contribution in [2.24, 2.45) is 21.6 Å². The number of para-hydroxylation sites is 1. The number of nitrogens with two attached hydrogens (primary N) is 1. The average Bonchev–Trinajstić information content (AvgIpc) is 2.90. The third-order valence-electron chi connectivity index (χ3n) is 4.03. The smallest absolute Gasteiger partial charge is 0.259 e. The summed E-state index contributed by atoms with van der Waals surface area (Å²) in [6, 6.07) is 7.17. The van der Waals surface area contributed by atoms with E-state index in [1.807, 2.05) is 38.1 Å².